The minimum absolute atomic E-state index is 0.653. The molecule has 1 aromatic carbocycles. The third-order valence-corrected chi connectivity index (χ3v) is 2.67. The number of carbonyl (C=O) groups excluding carboxylic acids is 1. The molecule has 0 bridgehead atoms. The number of hydrogen-bond donors (Lipinski definition) is 0. The maximum absolute atomic E-state index is 10.9. The number of rotatable bonds is 2. The first-order chi connectivity index (χ1) is 7.20. The zero-order chi connectivity index (χ0) is 10.8. The fourth-order valence-corrected chi connectivity index (χ4v) is 1.77. The van der Waals surface area contributed by atoms with Gasteiger partial charge in [0.2, 0.25) is 0 Å². The van der Waals surface area contributed by atoms with Crippen LogP contribution in [0.1, 0.15) is 15.9 Å². The number of aldehydes is 1. The van der Waals surface area contributed by atoms with Gasteiger partial charge < -0.3 is 0 Å². The highest BCUT2D eigenvalue weighted by Gasteiger charge is 2.05. The van der Waals surface area contributed by atoms with E-state index in [1.807, 2.05) is 31.3 Å². The molecule has 1 aromatic heterocycles. The smallest absolute Gasteiger partial charge is 0.152 e. The van der Waals surface area contributed by atoms with E-state index in [9.17, 15) is 4.79 Å². The zero-order valence-electron chi connectivity index (χ0n) is 8.14. The summed E-state index contributed by atoms with van der Waals surface area (Å²) in [6, 6.07) is 5.68. The molecule has 0 aliphatic heterocycles. The Morgan fingerprint density at radius 3 is 2.87 bits per heavy atom. The number of aryl methyl sites for hydroxylation is 1. The summed E-state index contributed by atoms with van der Waals surface area (Å²) in [5.74, 6) is 0. The fourth-order valence-electron chi connectivity index (χ4n) is 1.38. The van der Waals surface area contributed by atoms with Crippen molar-refractivity contribution >= 4 is 28.9 Å². The average molecular weight is 312 g/mol. The molecule has 3 nitrogen and oxygen atoms in total. The molecule has 0 amide bonds. The Morgan fingerprint density at radius 2 is 2.27 bits per heavy atom. The Morgan fingerprint density at radius 1 is 1.47 bits per heavy atom. The van der Waals surface area contributed by atoms with Crippen molar-refractivity contribution in [1.29, 1.82) is 0 Å². The predicted octanol–water partition coefficient (Wildman–Crippen LogP) is 2.60. The standard InChI is InChI=1S/C11H9IN2O/c1-8-2-3-9(7-15)11(4-8)14-6-10(12)5-13-14/h2-7H,1H3. The Bertz CT molecular complexity index is 505. The molecule has 0 fully saturated rings. The van der Waals surface area contributed by atoms with E-state index >= 15 is 0 Å². The van der Waals surface area contributed by atoms with Gasteiger partial charge in [-0.2, -0.15) is 5.10 Å². The van der Waals surface area contributed by atoms with Gasteiger partial charge in [-0.05, 0) is 47.2 Å². The lowest BCUT2D eigenvalue weighted by atomic mass is 10.1. The van der Waals surface area contributed by atoms with Crippen LogP contribution in [-0.2, 0) is 0 Å². The predicted molar refractivity (Wildman–Crippen MR) is 66.4 cm³/mol. The molecule has 0 atom stereocenters. The van der Waals surface area contributed by atoms with E-state index in [-0.39, 0.29) is 0 Å². The fraction of sp³-hybridized carbons (Fsp3) is 0.0909. The molecule has 0 N–H and O–H groups in total. The summed E-state index contributed by atoms with van der Waals surface area (Å²) in [6.45, 7) is 1.99. The van der Waals surface area contributed by atoms with Gasteiger partial charge in [-0.25, -0.2) is 4.68 Å². The van der Waals surface area contributed by atoms with Crippen molar-refractivity contribution in [2.45, 2.75) is 6.92 Å². The molecule has 0 aliphatic carbocycles. The topological polar surface area (TPSA) is 34.9 Å². The van der Waals surface area contributed by atoms with Gasteiger partial charge in [-0.15, -0.1) is 0 Å². The van der Waals surface area contributed by atoms with E-state index < -0.39 is 0 Å². The first kappa shape index (κ1) is 10.4. The van der Waals surface area contributed by atoms with E-state index in [2.05, 4.69) is 27.7 Å². The Hall–Kier alpha value is -1.17. The lowest BCUT2D eigenvalue weighted by molar-refractivity contribution is 0.112. The SMILES string of the molecule is Cc1ccc(C=O)c(-n2cc(I)cn2)c1. The molecule has 2 rings (SSSR count). The highest BCUT2D eigenvalue weighted by molar-refractivity contribution is 14.1. The normalized spacial score (nSPS) is 10.3. The molecule has 4 heteroatoms. The quantitative estimate of drug-likeness (QED) is 0.631. The van der Waals surface area contributed by atoms with Crippen molar-refractivity contribution in [2.24, 2.45) is 0 Å². The molecule has 0 saturated carbocycles. The van der Waals surface area contributed by atoms with E-state index in [4.69, 9.17) is 0 Å². The van der Waals surface area contributed by atoms with E-state index in [1.54, 1.807) is 10.9 Å². The maximum atomic E-state index is 10.9. The van der Waals surface area contributed by atoms with E-state index in [0.29, 0.717) is 5.56 Å². The van der Waals surface area contributed by atoms with Crippen LogP contribution in [0.5, 0.6) is 0 Å². The van der Waals surface area contributed by atoms with Crippen LogP contribution in [0.3, 0.4) is 0 Å². The molecule has 15 heavy (non-hydrogen) atoms. The molecule has 1 heterocycles. The summed E-state index contributed by atoms with van der Waals surface area (Å²) in [4.78, 5) is 10.9. The monoisotopic (exact) mass is 312 g/mol. The largest absolute Gasteiger partial charge is 0.298 e. The lowest BCUT2D eigenvalue weighted by Crippen LogP contribution is -1.99. The van der Waals surface area contributed by atoms with Crippen molar-refractivity contribution < 1.29 is 4.79 Å². The maximum Gasteiger partial charge on any atom is 0.152 e. The van der Waals surface area contributed by atoms with Crippen LogP contribution in [-0.4, -0.2) is 16.1 Å². The highest BCUT2D eigenvalue weighted by Crippen LogP contribution is 2.15. The molecule has 0 aliphatic rings. The van der Waals surface area contributed by atoms with Gasteiger partial charge in [0.25, 0.3) is 0 Å². The lowest BCUT2D eigenvalue weighted by Gasteiger charge is -2.05. The molecule has 0 spiro atoms. The molecular weight excluding hydrogens is 303 g/mol. The van der Waals surface area contributed by atoms with Gasteiger partial charge in [0, 0.05) is 11.8 Å². The second-order valence-electron chi connectivity index (χ2n) is 3.28. The van der Waals surface area contributed by atoms with Crippen molar-refractivity contribution in [3.8, 4) is 5.69 Å². The van der Waals surface area contributed by atoms with Gasteiger partial charge in [0.05, 0.1) is 15.5 Å². The van der Waals surface area contributed by atoms with Crippen molar-refractivity contribution in [3.05, 3.63) is 45.3 Å². The summed E-state index contributed by atoms with van der Waals surface area (Å²) < 4.78 is 2.77. The summed E-state index contributed by atoms with van der Waals surface area (Å²) >= 11 is 2.19. The van der Waals surface area contributed by atoms with Gasteiger partial charge in [0.1, 0.15) is 0 Å². The van der Waals surface area contributed by atoms with Gasteiger partial charge in [-0.3, -0.25) is 4.79 Å². The Labute approximate surface area is 101 Å². The second-order valence-corrected chi connectivity index (χ2v) is 4.53. The average Bonchev–Trinajstić information content (AvgIpc) is 2.65. The third kappa shape index (κ3) is 2.09. The first-order valence-electron chi connectivity index (χ1n) is 4.47. The number of aromatic nitrogens is 2. The number of benzene rings is 1. The van der Waals surface area contributed by atoms with Gasteiger partial charge in [0.15, 0.2) is 6.29 Å². The van der Waals surface area contributed by atoms with Crippen LogP contribution in [0.2, 0.25) is 0 Å². The summed E-state index contributed by atoms with van der Waals surface area (Å²) in [6.07, 6.45) is 4.50. The van der Waals surface area contributed by atoms with Gasteiger partial charge >= 0.3 is 0 Å². The molecule has 0 unspecified atom stereocenters. The minimum atomic E-state index is 0.653. The first-order valence-corrected chi connectivity index (χ1v) is 5.55. The van der Waals surface area contributed by atoms with Gasteiger partial charge in [-0.1, -0.05) is 6.07 Å². The summed E-state index contributed by atoms with van der Waals surface area (Å²) in [5, 5.41) is 4.19. The zero-order valence-corrected chi connectivity index (χ0v) is 10.3. The summed E-state index contributed by atoms with van der Waals surface area (Å²) in [7, 11) is 0. The minimum Gasteiger partial charge on any atom is -0.298 e. The Kier molecular flexibility index (Phi) is 2.86. The Balaban J connectivity index is 2.59. The van der Waals surface area contributed by atoms with Crippen molar-refractivity contribution in [1.82, 2.24) is 9.78 Å². The molecule has 0 saturated heterocycles. The van der Waals surface area contributed by atoms with E-state index in [1.165, 1.54) is 0 Å². The molecule has 2 aromatic rings. The van der Waals surface area contributed by atoms with Crippen LogP contribution in [0.4, 0.5) is 0 Å². The van der Waals surface area contributed by atoms with Crippen LogP contribution >= 0.6 is 22.6 Å². The summed E-state index contributed by atoms with van der Waals surface area (Å²) in [5.41, 5.74) is 2.59. The van der Waals surface area contributed by atoms with Crippen LogP contribution in [0, 0.1) is 10.5 Å². The molecule has 0 radical (unpaired) electrons. The third-order valence-electron chi connectivity index (χ3n) is 2.11. The molecular formula is C11H9IN2O. The molecule has 76 valence electrons. The van der Waals surface area contributed by atoms with Crippen LogP contribution in [0.25, 0.3) is 5.69 Å². The number of halogens is 1. The number of carbonyl (C=O) groups is 1. The number of hydrogen-bond acceptors (Lipinski definition) is 2. The van der Waals surface area contributed by atoms with Crippen LogP contribution < -0.4 is 0 Å². The van der Waals surface area contributed by atoms with Crippen molar-refractivity contribution in [3.63, 3.8) is 0 Å². The van der Waals surface area contributed by atoms with Crippen molar-refractivity contribution in [2.75, 3.05) is 0 Å². The van der Waals surface area contributed by atoms with Crippen LogP contribution in [0.15, 0.2) is 30.6 Å². The highest BCUT2D eigenvalue weighted by atomic mass is 127. The number of nitrogens with zero attached hydrogens (tertiary/aromatic N) is 2. The second kappa shape index (κ2) is 4.14. The van der Waals surface area contributed by atoms with E-state index in [0.717, 1.165) is 21.1 Å².